The Balaban J connectivity index is 1.51. The predicted octanol–water partition coefficient (Wildman–Crippen LogP) is 5.20. The number of piperazine rings is 1. The number of hydrogen-bond donors (Lipinski definition) is 0. The summed E-state index contributed by atoms with van der Waals surface area (Å²) in [5.74, 6) is 0.0768. The molecule has 1 atom stereocenters. The fourth-order valence-corrected chi connectivity index (χ4v) is 4.08. The summed E-state index contributed by atoms with van der Waals surface area (Å²) in [5.41, 5.74) is 4.54. The highest BCUT2D eigenvalue weighted by Gasteiger charge is 2.28. The topological polar surface area (TPSA) is 23.6 Å². The van der Waals surface area contributed by atoms with Crippen molar-refractivity contribution in [2.24, 2.45) is 0 Å². The summed E-state index contributed by atoms with van der Waals surface area (Å²) < 4.78 is 0. The summed E-state index contributed by atoms with van der Waals surface area (Å²) in [6.45, 7) is 5.23. The van der Waals surface area contributed by atoms with Crippen molar-refractivity contribution in [1.29, 1.82) is 0 Å². The average molecular weight is 405 g/mol. The van der Waals surface area contributed by atoms with Crippen molar-refractivity contribution in [3.05, 3.63) is 106 Å². The van der Waals surface area contributed by atoms with Crippen LogP contribution < -0.4 is 0 Å². The number of aryl methyl sites for hydroxylation is 1. The lowest BCUT2D eigenvalue weighted by Gasteiger charge is -2.40. The first kappa shape index (κ1) is 19.7. The number of benzene rings is 3. The Morgan fingerprint density at radius 2 is 1.38 bits per heavy atom. The molecule has 0 spiro atoms. The summed E-state index contributed by atoms with van der Waals surface area (Å²) in [7, 11) is 0. The third kappa shape index (κ3) is 4.52. The van der Waals surface area contributed by atoms with Gasteiger partial charge in [0.05, 0.1) is 6.04 Å². The summed E-state index contributed by atoms with van der Waals surface area (Å²) in [6.07, 6.45) is 0. The quantitative estimate of drug-likeness (QED) is 0.597. The zero-order chi connectivity index (χ0) is 20.2. The molecule has 0 radical (unpaired) electrons. The largest absolute Gasteiger partial charge is 0.336 e. The van der Waals surface area contributed by atoms with Gasteiger partial charge in [0.25, 0.3) is 5.91 Å². The number of rotatable bonds is 4. The Labute approximate surface area is 177 Å². The first-order valence-corrected chi connectivity index (χ1v) is 10.4. The summed E-state index contributed by atoms with van der Waals surface area (Å²) in [5, 5.41) is 0.648. The molecule has 4 heteroatoms. The van der Waals surface area contributed by atoms with Gasteiger partial charge in [-0.15, -0.1) is 0 Å². The lowest BCUT2D eigenvalue weighted by molar-refractivity contribution is 0.0597. The standard InChI is InChI=1S/C25H25ClN2O/c1-19-7-9-21(10-8-19)24(20-5-3-2-4-6-20)27-15-17-28(18-16-27)25(29)22-11-13-23(26)14-12-22/h2-14,24H,15-18H2,1H3/t24-/m0/s1. The van der Waals surface area contributed by atoms with Gasteiger partial charge in [-0.25, -0.2) is 0 Å². The van der Waals surface area contributed by atoms with Crippen LogP contribution in [-0.2, 0) is 0 Å². The predicted molar refractivity (Wildman–Crippen MR) is 118 cm³/mol. The highest BCUT2D eigenvalue weighted by Crippen LogP contribution is 2.30. The van der Waals surface area contributed by atoms with Crippen LogP contribution in [0.25, 0.3) is 0 Å². The third-order valence-electron chi connectivity index (χ3n) is 5.57. The Morgan fingerprint density at radius 3 is 2.00 bits per heavy atom. The molecule has 1 amide bonds. The van der Waals surface area contributed by atoms with Gasteiger partial charge in [-0.05, 0) is 42.3 Å². The summed E-state index contributed by atoms with van der Waals surface area (Å²) >= 11 is 5.95. The van der Waals surface area contributed by atoms with E-state index in [1.165, 1.54) is 16.7 Å². The summed E-state index contributed by atoms with van der Waals surface area (Å²) in [4.78, 5) is 17.2. The molecule has 0 N–H and O–H groups in total. The number of carbonyl (C=O) groups is 1. The number of amides is 1. The lowest BCUT2D eigenvalue weighted by Crippen LogP contribution is -2.49. The molecule has 3 aromatic rings. The van der Waals surface area contributed by atoms with Crippen LogP contribution in [0, 0.1) is 6.92 Å². The van der Waals surface area contributed by atoms with Crippen molar-refractivity contribution < 1.29 is 4.79 Å². The molecule has 0 saturated carbocycles. The van der Waals surface area contributed by atoms with Crippen LogP contribution in [0.1, 0.15) is 33.1 Å². The van der Waals surface area contributed by atoms with Crippen LogP contribution in [0.2, 0.25) is 5.02 Å². The number of nitrogens with zero attached hydrogens (tertiary/aromatic N) is 2. The Morgan fingerprint density at radius 1 is 0.793 bits per heavy atom. The molecule has 0 unspecified atom stereocenters. The Hall–Kier alpha value is -2.62. The lowest BCUT2D eigenvalue weighted by atomic mass is 9.95. The maximum absolute atomic E-state index is 12.8. The van der Waals surface area contributed by atoms with Gasteiger partial charge in [0, 0.05) is 36.8 Å². The number of carbonyl (C=O) groups excluding carboxylic acids is 1. The van der Waals surface area contributed by atoms with E-state index < -0.39 is 0 Å². The molecule has 0 bridgehead atoms. The first-order valence-electron chi connectivity index (χ1n) is 10.0. The van der Waals surface area contributed by atoms with Crippen LogP contribution in [-0.4, -0.2) is 41.9 Å². The van der Waals surface area contributed by atoms with Gasteiger partial charge in [0.2, 0.25) is 0 Å². The highest BCUT2D eigenvalue weighted by atomic mass is 35.5. The van der Waals surface area contributed by atoms with E-state index in [1.54, 1.807) is 24.3 Å². The summed E-state index contributed by atoms with van der Waals surface area (Å²) in [6, 6.07) is 26.8. The van der Waals surface area contributed by atoms with E-state index in [4.69, 9.17) is 11.6 Å². The van der Waals surface area contributed by atoms with Crippen LogP contribution in [0.3, 0.4) is 0 Å². The molecule has 1 aliphatic heterocycles. The van der Waals surface area contributed by atoms with Crippen molar-refractivity contribution in [3.63, 3.8) is 0 Å². The van der Waals surface area contributed by atoms with E-state index in [1.807, 2.05) is 4.90 Å². The van der Waals surface area contributed by atoms with E-state index in [9.17, 15) is 4.79 Å². The van der Waals surface area contributed by atoms with E-state index in [-0.39, 0.29) is 11.9 Å². The minimum atomic E-state index is 0.0768. The third-order valence-corrected chi connectivity index (χ3v) is 5.82. The molecule has 1 aliphatic rings. The van der Waals surface area contributed by atoms with Gasteiger partial charge < -0.3 is 4.90 Å². The molecule has 1 heterocycles. The molecule has 1 fully saturated rings. The maximum Gasteiger partial charge on any atom is 0.253 e. The van der Waals surface area contributed by atoms with Gasteiger partial charge >= 0.3 is 0 Å². The van der Waals surface area contributed by atoms with Crippen molar-refractivity contribution in [2.45, 2.75) is 13.0 Å². The Kier molecular flexibility index (Phi) is 5.98. The normalized spacial score (nSPS) is 15.9. The molecule has 1 saturated heterocycles. The Bertz CT molecular complexity index is 946. The van der Waals surface area contributed by atoms with Crippen LogP contribution in [0.4, 0.5) is 0 Å². The second-order valence-corrected chi connectivity index (χ2v) is 8.00. The maximum atomic E-state index is 12.8. The van der Waals surface area contributed by atoms with Crippen molar-refractivity contribution >= 4 is 17.5 Å². The fourth-order valence-electron chi connectivity index (χ4n) is 3.96. The van der Waals surface area contributed by atoms with Gasteiger partial charge in [0.15, 0.2) is 0 Å². The molecular formula is C25H25ClN2O. The first-order chi connectivity index (χ1) is 14.1. The smallest absolute Gasteiger partial charge is 0.253 e. The fraction of sp³-hybridized carbons (Fsp3) is 0.240. The molecule has 29 heavy (non-hydrogen) atoms. The minimum Gasteiger partial charge on any atom is -0.336 e. The minimum absolute atomic E-state index is 0.0768. The van der Waals surface area contributed by atoms with Crippen molar-refractivity contribution in [1.82, 2.24) is 9.80 Å². The highest BCUT2D eigenvalue weighted by molar-refractivity contribution is 6.30. The van der Waals surface area contributed by atoms with Crippen molar-refractivity contribution in [3.8, 4) is 0 Å². The van der Waals surface area contributed by atoms with E-state index in [0.717, 1.165) is 26.2 Å². The molecule has 148 valence electrons. The average Bonchev–Trinajstić information content (AvgIpc) is 2.77. The molecule has 0 aromatic heterocycles. The molecule has 3 aromatic carbocycles. The number of halogens is 1. The van der Waals surface area contributed by atoms with Crippen molar-refractivity contribution in [2.75, 3.05) is 26.2 Å². The van der Waals surface area contributed by atoms with E-state index in [0.29, 0.717) is 10.6 Å². The molecule has 0 aliphatic carbocycles. The van der Waals surface area contributed by atoms with Crippen LogP contribution in [0.15, 0.2) is 78.9 Å². The second kappa shape index (κ2) is 8.81. The monoisotopic (exact) mass is 404 g/mol. The van der Waals surface area contributed by atoms with Gasteiger partial charge in [0.1, 0.15) is 0 Å². The van der Waals surface area contributed by atoms with Crippen LogP contribution >= 0.6 is 11.6 Å². The van der Waals surface area contributed by atoms with E-state index in [2.05, 4.69) is 66.4 Å². The zero-order valence-corrected chi connectivity index (χ0v) is 17.3. The second-order valence-electron chi connectivity index (χ2n) is 7.56. The van der Waals surface area contributed by atoms with Gasteiger partial charge in [-0.2, -0.15) is 0 Å². The molecule has 4 rings (SSSR count). The zero-order valence-electron chi connectivity index (χ0n) is 16.6. The van der Waals surface area contributed by atoms with E-state index >= 15 is 0 Å². The molecule has 3 nitrogen and oxygen atoms in total. The molecular weight excluding hydrogens is 380 g/mol. The van der Waals surface area contributed by atoms with Crippen LogP contribution in [0.5, 0.6) is 0 Å². The number of hydrogen-bond acceptors (Lipinski definition) is 2. The van der Waals surface area contributed by atoms with Gasteiger partial charge in [-0.3, -0.25) is 9.69 Å². The SMILES string of the molecule is Cc1ccc([C@H](c2ccccc2)N2CCN(C(=O)c3ccc(Cl)cc3)CC2)cc1. The van der Waals surface area contributed by atoms with Gasteiger partial charge in [-0.1, -0.05) is 71.8 Å².